The van der Waals surface area contributed by atoms with E-state index in [1.165, 1.54) is 0 Å². The maximum Gasteiger partial charge on any atom is 0.181 e. The van der Waals surface area contributed by atoms with Gasteiger partial charge in [-0.25, -0.2) is 15.0 Å². The van der Waals surface area contributed by atoms with Crippen LogP contribution in [0.3, 0.4) is 0 Å². The van der Waals surface area contributed by atoms with Crippen molar-refractivity contribution in [2.75, 3.05) is 11.9 Å². The third-order valence-corrected chi connectivity index (χ3v) is 4.47. The minimum Gasteiger partial charge on any atom is -0.369 e. The van der Waals surface area contributed by atoms with E-state index in [4.69, 9.17) is 0 Å². The molecule has 0 atom stereocenters. The molecule has 0 aliphatic carbocycles. The third kappa shape index (κ3) is 2.97. The summed E-state index contributed by atoms with van der Waals surface area (Å²) in [6, 6.07) is 0. The highest BCUT2D eigenvalue weighted by atomic mass is 127. The van der Waals surface area contributed by atoms with Crippen molar-refractivity contribution >= 4 is 39.7 Å². The van der Waals surface area contributed by atoms with E-state index in [1.807, 2.05) is 19.2 Å². The number of hydrogen-bond acceptors (Lipinski definition) is 5. The van der Waals surface area contributed by atoms with E-state index in [0.29, 0.717) is 5.82 Å². The predicted octanol–water partition coefficient (Wildman–Crippen LogP) is 3.64. The first-order valence-electron chi connectivity index (χ1n) is 5.82. The molecule has 0 saturated heterocycles. The van der Waals surface area contributed by atoms with Crippen molar-refractivity contribution in [2.45, 2.75) is 27.2 Å². The Hall–Kier alpha value is -0.760. The topological polar surface area (TPSA) is 50.7 Å². The Balaban J connectivity index is 2.40. The summed E-state index contributed by atoms with van der Waals surface area (Å²) in [5.74, 6) is 1.61. The molecule has 2 aromatic heterocycles. The molecule has 0 aromatic carbocycles. The standard InChI is InChI=1S/C12H15IN4S/c1-4-5-14-12-10(13)7(2)15-11(17-12)9-6-18-8(3)16-9/h6H,4-5H2,1-3H3,(H,14,15,17). The first-order chi connectivity index (χ1) is 8.61. The number of hydrogen-bond donors (Lipinski definition) is 1. The molecule has 18 heavy (non-hydrogen) atoms. The Bertz CT molecular complexity index is 553. The number of nitrogens with one attached hydrogen (secondary N) is 1. The van der Waals surface area contributed by atoms with Gasteiger partial charge in [0.05, 0.1) is 14.3 Å². The van der Waals surface area contributed by atoms with Crippen molar-refractivity contribution < 1.29 is 0 Å². The van der Waals surface area contributed by atoms with Crippen LogP contribution >= 0.6 is 33.9 Å². The minimum atomic E-state index is 0.705. The van der Waals surface area contributed by atoms with Gasteiger partial charge < -0.3 is 5.32 Å². The summed E-state index contributed by atoms with van der Waals surface area (Å²) in [5.41, 5.74) is 1.85. The van der Waals surface area contributed by atoms with Gasteiger partial charge >= 0.3 is 0 Å². The lowest BCUT2D eigenvalue weighted by atomic mass is 10.3. The number of aromatic nitrogens is 3. The molecule has 0 aliphatic heterocycles. The van der Waals surface area contributed by atoms with E-state index in [9.17, 15) is 0 Å². The van der Waals surface area contributed by atoms with Gasteiger partial charge in [0.1, 0.15) is 11.5 Å². The largest absolute Gasteiger partial charge is 0.369 e. The second-order valence-electron chi connectivity index (χ2n) is 3.97. The summed E-state index contributed by atoms with van der Waals surface area (Å²) in [6.45, 7) is 7.05. The van der Waals surface area contributed by atoms with Gasteiger partial charge in [0.2, 0.25) is 0 Å². The highest BCUT2D eigenvalue weighted by Gasteiger charge is 2.12. The molecular weight excluding hydrogens is 359 g/mol. The minimum absolute atomic E-state index is 0.705. The number of rotatable bonds is 4. The summed E-state index contributed by atoms with van der Waals surface area (Å²) in [7, 11) is 0. The normalized spacial score (nSPS) is 10.7. The molecule has 6 heteroatoms. The Morgan fingerprint density at radius 1 is 1.28 bits per heavy atom. The van der Waals surface area contributed by atoms with Crippen molar-refractivity contribution in [1.29, 1.82) is 0 Å². The summed E-state index contributed by atoms with van der Waals surface area (Å²) in [6.07, 6.45) is 1.07. The number of thiazole rings is 1. The maximum atomic E-state index is 4.57. The van der Waals surface area contributed by atoms with Crippen LogP contribution in [0.1, 0.15) is 24.0 Å². The average Bonchev–Trinajstić information content (AvgIpc) is 2.77. The second kappa shape index (κ2) is 5.92. The van der Waals surface area contributed by atoms with Crippen molar-refractivity contribution in [1.82, 2.24) is 15.0 Å². The monoisotopic (exact) mass is 374 g/mol. The highest BCUT2D eigenvalue weighted by Crippen LogP contribution is 2.24. The van der Waals surface area contributed by atoms with Crippen LogP contribution in [0.5, 0.6) is 0 Å². The smallest absolute Gasteiger partial charge is 0.181 e. The van der Waals surface area contributed by atoms with Crippen molar-refractivity contribution in [3.8, 4) is 11.5 Å². The van der Waals surface area contributed by atoms with Crippen LogP contribution in [0, 0.1) is 17.4 Å². The van der Waals surface area contributed by atoms with Gasteiger partial charge in [-0.2, -0.15) is 0 Å². The summed E-state index contributed by atoms with van der Waals surface area (Å²) >= 11 is 3.90. The first-order valence-corrected chi connectivity index (χ1v) is 7.78. The number of nitrogens with zero attached hydrogens (tertiary/aromatic N) is 3. The van der Waals surface area contributed by atoms with Crippen LogP contribution in [0.2, 0.25) is 0 Å². The molecule has 4 nitrogen and oxygen atoms in total. The summed E-state index contributed by atoms with van der Waals surface area (Å²) in [5, 5.41) is 6.37. The molecule has 0 saturated carbocycles. The Morgan fingerprint density at radius 2 is 2.06 bits per heavy atom. The van der Waals surface area contributed by atoms with E-state index >= 15 is 0 Å². The molecule has 2 heterocycles. The molecule has 0 aliphatic rings. The van der Waals surface area contributed by atoms with Crippen LogP contribution in [-0.4, -0.2) is 21.5 Å². The van der Waals surface area contributed by atoms with Gasteiger partial charge in [-0.1, -0.05) is 6.92 Å². The Labute approximate surface area is 124 Å². The predicted molar refractivity (Wildman–Crippen MR) is 84.1 cm³/mol. The van der Waals surface area contributed by atoms with Gasteiger partial charge in [-0.3, -0.25) is 0 Å². The molecule has 0 bridgehead atoms. The molecule has 0 fully saturated rings. The van der Waals surface area contributed by atoms with Crippen LogP contribution in [-0.2, 0) is 0 Å². The number of anilines is 1. The number of aryl methyl sites for hydroxylation is 2. The maximum absolute atomic E-state index is 4.57. The summed E-state index contributed by atoms with van der Waals surface area (Å²) in [4.78, 5) is 13.5. The zero-order chi connectivity index (χ0) is 13.1. The Kier molecular flexibility index (Phi) is 4.50. The molecule has 0 amide bonds. The van der Waals surface area contributed by atoms with Gasteiger partial charge in [0.15, 0.2) is 5.82 Å². The quantitative estimate of drug-likeness (QED) is 0.831. The molecule has 0 radical (unpaired) electrons. The van der Waals surface area contributed by atoms with E-state index < -0.39 is 0 Å². The fraction of sp³-hybridized carbons (Fsp3) is 0.417. The lowest BCUT2D eigenvalue weighted by molar-refractivity contribution is 0.957. The Morgan fingerprint density at radius 3 is 2.67 bits per heavy atom. The van der Waals surface area contributed by atoms with Gasteiger partial charge in [-0.05, 0) is 42.9 Å². The molecule has 96 valence electrons. The van der Waals surface area contributed by atoms with E-state index in [-0.39, 0.29) is 0 Å². The molecule has 0 spiro atoms. The van der Waals surface area contributed by atoms with E-state index in [0.717, 1.165) is 38.7 Å². The molecule has 2 aromatic rings. The average molecular weight is 374 g/mol. The SMILES string of the molecule is CCCNc1nc(-c2csc(C)n2)nc(C)c1I. The second-order valence-corrected chi connectivity index (χ2v) is 6.11. The third-order valence-electron chi connectivity index (χ3n) is 2.41. The van der Waals surface area contributed by atoms with Gasteiger partial charge in [0.25, 0.3) is 0 Å². The van der Waals surface area contributed by atoms with E-state index in [1.54, 1.807) is 11.3 Å². The van der Waals surface area contributed by atoms with Crippen LogP contribution < -0.4 is 5.32 Å². The zero-order valence-corrected chi connectivity index (χ0v) is 13.6. The number of halogens is 1. The van der Waals surface area contributed by atoms with Crippen molar-refractivity contribution in [3.63, 3.8) is 0 Å². The fourth-order valence-electron chi connectivity index (χ4n) is 1.50. The fourth-order valence-corrected chi connectivity index (χ4v) is 2.52. The molecule has 1 N–H and O–H groups in total. The van der Waals surface area contributed by atoms with Crippen molar-refractivity contribution in [3.05, 3.63) is 19.7 Å². The van der Waals surface area contributed by atoms with Gasteiger partial charge in [0, 0.05) is 11.9 Å². The van der Waals surface area contributed by atoms with Crippen LogP contribution in [0.15, 0.2) is 5.38 Å². The van der Waals surface area contributed by atoms with Crippen molar-refractivity contribution in [2.24, 2.45) is 0 Å². The summed E-state index contributed by atoms with van der Waals surface area (Å²) < 4.78 is 1.08. The lowest BCUT2D eigenvalue weighted by Gasteiger charge is -2.09. The zero-order valence-electron chi connectivity index (χ0n) is 10.6. The molecule has 0 unspecified atom stereocenters. The first kappa shape index (κ1) is 13.7. The van der Waals surface area contributed by atoms with Gasteiger partial charge in [-0.15, -0.1) is 11.3 Å². The lowest BCUT2D eigenvalue weighted by Crippen LogP contribution is -2.07. The molecule has 2 rings (SSSR count). The highest BCUT2D eigenvalue weighted by molar-refractivity contribution is 14.1. The molecular formula is C12H15IN4S. The van der Waals surface area contributed by atoms with Crippen LogP contribution in [0.25, 0.3) is 11.5 Å². The van der Waals surface area contributed by atoms with Crippen LogP contribution in [0.4, 0.5) is 5.82 Å². The van der Waals surface area contributed by atoms with E-state index in [2.05, 4.69) is 49.8 Å².